The minimum Gasteiger partial charge on any atom is -0.361 e. The van der Waals surface area contributed by atoms with E-state index in [1.807, 2.05) is 23.6 Å². The molecule has 1 heterocycles. The molecule has 0 aliphatic rings. The summed E-state index contributed by atoms with van der Waals surface area (Å²) < 4.78 is 9.38. The summed E-state index contributed by atoms with van der Waals surface area (Å²) in [6, 6.07) is 7.17. The highest BCUT2D eigenvalue weighted by Gasteiger charge is 2.16. The van der Waals surface area contributed by atoms with Crippen molar-refractivity contribution in [3.05, 3.63) is 34.2 Å². The molecule has 0 saturated carbocycles. The largest absolute Gasteiger partial charge is 0.361 e. The third-order valence-corrected chi connectivity index (χ3v) is 6.11. The zero-order chi connectivity index (χ0) is 16.3. The first-order valence-electron chi connectivity index (χ1n) is 7.73. The normalized spacial score (nSPS) is 12.2. The van der Waals surface area contributed by atoms with Gasteiger partial charge in [0.25, 0.3) is 0 Å². The third kappa shape index (κ3) is 3.72. The van der Waals surface area contributed by atoms with E-state index in [0.29, 0.717) is 13.3 Å². The Bertz CT molecular complexity index is 700. The summed E-state index contributed by atoms with van der Waals surface area (Å²) in [5.74, 6) is 0. The molecule has 0 aliphatic carbocycles. The van der Waals surface area contributed by atoms with Crippen LogP contribution in [-0.4, -0.2) is 23.8 Å². The van der Waals surface area contributed by atoms with Crippen LogP contribution in [0.1, 0.15) is 12.5 Å². The maximum Gasteiger partial charge on any atom is 0.331 e. The van der Waals surface area contributed by atoms with Crippen LogP contribution in [0.5, 0.6) is 0 Å². The zero-order valence-electron chi connectivity index (χ0n) is 13.9. The van der Waals surface area contributed by atoms with E-state index in [1.54, 1.807) is 4.57 Å². The molecule has 0 atom stereocenters. The number of aromatic nitrogens is 2. The number of imidazole rings is 1. The lowest BCUT2D eigenvalue weighted by molar-refractivity contribution is 0.0871. The second-order valence-corrected chi connectivity index (χ2v) is 12.9. The first kappa shape index (κ1) is 17.5. The Morgan fingerprint density at radius 2 is 1.95 bits per heavy atom. The van der Waals surface area contributed by atoms with Gasteiger partial charge in [-0.15, -0.1) is 0 Å². The highest BCUT2D eigenvalue weighted by atomic mass is 79.9. The molecule has 0 aliphatic heterocycles. The van der Waals surface area contributed by atoms with E-state index in [9.17, 15) is 4.79 Å². The molecule has 0 unspecified atom stereocenters. The summed E-state index contributed by atoms with van der Waals surface area (Å²) in [4.78, 5) is 12.6. The molecule has 122 valence electrons. The quantitative estimate of drug-likeness (QED) is 0.410. The molecule has 22 heavy (non-hydrogen) atoms. The maximum atomic E-state index is 12.6. The van der Waals surface area contributed by atoms with Gasteiger partial charge in [0.05, 0.1) is 11.0 Å². The van der Waals surface area contributed by atoms with Gasteiger partial charge >= 0.3 is 5.69 Å². The van der Waals surface area contributed by atoms with E-state index in [0.717, 1.165) is 34.6 Å². The Kier molecular flexibility index (Phi) is 5.69. The average Bonchev–Trinajstić information content (AvgIpc) is 2.74. The Morgan fingerprint density at radius 3 is 2.55 bits per heavy atom. The van der Waals surface area contributed by atoms with Gasteiger partial charge in [-0.1, -0.05) is 47.7 Å². The van der Waals surface area contributed by atoms with Crippen molar-refractivity contribution in [1.29, 1.82) is 0 Å². The number of alkyl halides is 1. The molecule has 0 radical (unpaired) electrons. The topological polar surface area (TPSA) is 36.2 Å². The summed E-state index contributed by atoms with van der Waals surface area (Å²) in [6.45, 7) is 10.7. The summed E-state index contributed by atoms with van der Waals surface area (Å²) in [6.07, 6.45) is 0. The molecule has 2 aromatic rings. The van der Waals surface area contributed by atoms with Gasteiger partial charge in [-0.25, -0.2) is 4.79 Å². The molecule has 1 aromatic carbocycles. The summed E-state index contributed by atoms with van der Waals surface area (Å²) >= 11 is 3.52. The van der Waals surface area contributed by atoms with Crippen LogP contribution in [0.3, 0.4) is 0 Å². The van der Waals surface area contributed by atoms with Gasteiger partial charge < -0.3 is 4.74 Å². The summed E-state index contributed by atoms with van der Waals surface area (Å²) in [7, 11) is -1.11. The van der Waals surface area contributed by atoms with Crippen molar-refractivity contribution in [2.45, 2.75) is 51.2 Å². The molecule has 6 heteroatoms. The zero-order valence-corrected chi connectivity index (χ0v) is 16.4. The lowest BCUT2D eigenvalue weighted by Gasteiger charge is -2.15. The second kappa shape index (κ2) is 7.15. The Hall–Kier alpha value is -0.853. The van der Waals surface area contributed by atoms with Crippen LogP contribution in [-0.2, 0) is 23.3 Å². The molecule has 0 spiro atoms. The standard InChI is InChI=1S/C16H25BrN2O2Si/c1-5-18-14-8-6-7-13(11-17)15(14)19(16(18)20)12-21-9-10-22(2,3)4/h6-8H,5,9-12H2,1-4H3. The van der Waals surface area contributed by atoms with E-state index in [2.05, 4.69) is 41.6 Å². The summed E-state index contributed by atoms with van der Waals surface area (Å²) in [5, 5.41) is 0.729. The van der Waals surface area contributed by atoms with Crippen LogP contribution in [0.25, 0.3) is 11.0 Å². The lowest BCUT2D eigenvalue weighted by atomic mass is 10.2. The second-order valence-electron chi connectivity index (χ2n) is 6.72. The van der Waals surface area contributed by atoms with Crippen molar-refractivity contribution >= 4 is 35.0 Å². The number of rotatable bonds is 7. The lowest BCUT2D eigenvalue weighted by Crippen LogP contribution is -2.26. The van der Waals surface area contributed by atoms with E-state index in [1.165, 1.54) is 0 Å². The van der Waals surface area contributed by atoms with Crippen LogP contribution in [0.4, 0.5) is 0 Å². The summed E-state index contributed by atoms with van der Waals surface area (Å²) in [5.41, 5.74) is 3.10. The number of benzene rings is 1. The highest BCUT2D eigenvalue weighted by molar-refractivity contribution is 9.08. The molecule has 0 amide bonds. The van der Waals surface area contributed by atoms with E-state index < -0.39 is 8.07 Å². The number of para-hydroxylation sites is 1. The van der Waals surface area contributed by atoms with E-state index in [4.69, 9.17) is 4.74 Å². The van der Waals surface area contributed by atoms with E-state index in [-0.39, 0.29) is 5.69 Å². The van der Waals surface area contributed by atoms with Gasteiger partial charge in [-0.3, -0.25) is 9.13 Å². The van der Waals surface area contributed by atoms with Crippen molar-refractivity contribution in [3.63, 3.8) is 0 Å². The van der Waals surface area contributed by atoms with Crippen molar-refractivity contribution in [1.82, 2.24) is 9.13 Å². The monoisotopic (exact) mass is 384 g/mol. The molecular weight excluding hydrogens is 360 g/mol. The minimum atomic E-state index is -1.11. The van der Waals surface area contributed by atoms with Gasteiger partial charge in [0.15, 0.2) is 0 Å². The molecule has 0 N–H and O–H groups in total. The van der Waals surface area contributed by atoms with Crippen LogP contribution in [0.2, 0.25) is 25.7 Å². The van der Waals surface area contributed by atoms with Crippen LogP contribution < -0.4 is 5.69 Å². The highest BCUT2D eigenvalue weighted by Crippen LogP contribution is 2.21. The Morgan fingerprint density at radius 1 is 1.23 bits per heavy atom. The van der Waals surface area contributed by atoms with Crippen LogP contribution >= 0.6 is 15.9 Å². The molecule has 0 bridgehead atoms. The number of halogens is 1. The molecule has 0 fully saturated rings. The Balaban J connectivity index is 2.32. The van der Waals surface area contributed by atoms with Gasteiger partial charge in [0.1, 0.15) is 6.73 Å². The number of ether oxygens (including phenoxy) is 1. The number of hydrogen-bond acceptors (Lipinski definition) is 2. The number of hydrogen-bond donors (Lipinski definition) is 0. The predicted octanol–water partition coefficient (Wildman–Crippen LogP) is 4.03. The smallest absolute Gasteiger partial charge is 0.331 e. The predicted molar refractivity (Wildman–Crippen MR) is 98.6 cm³/mol. The number of nitrogens with zero attached hydrogens (tertiary/aromatic N) is 2. The van der Waals surface area contributed by atoms with Gasteiger partial charge in [-0.2, -0.15) is 0 Å². The minimum absolute atomic E-state index is 0.0129. The van der Waals surface area contributed by atoms with Crippen molar-refractivity contribution in [2.75, 3.05) is 6.61 Å². The molecule has 2 rings (SSSR count). The van der Waals surface area contributed by atoms with Crippen LogP contribution in [0.15, 0.2) is 23.0 Å². The average molecular weight is 385 g/mol. The maximum absolute atomic E-state index is 12.6. The van der Waals surface area contributed by atoms with Crippen molar-refractivity contribution < 1.29 is 4.74 Å². The number of fused-ring (bicyclic) bond motifs is 1. The fourth-order valence-electron chi connectivity index (χ4n) is 2.52. The van der Waals surface area contributed by atoms with Crippen molar-refractivity contribution in [2.24, 2.45) is 0 Å². The molecule has 1 aromatic heterocycles. The number of aryl methyl sites for hydroxylation is 1. The van der Waals surface area contributed by atoms with Gasteiger partial charge in [0.2, 0.25) is 0 Å². The first-order valence-corrected chi connectivity index (χ1v) is 12.6. The van der Waals surface area contributed by atoms with Gasteiger partial charge in [0, 0.05) is 26.6 Å². The first-order chi connectivity index (χ1) is 10.4. The van der Waals surface area contributed by atoms with Crippen LogP contribution in [0, 0.1) is 0 Å². The fraction of sp³-hybridized carbons (Fsp3) is 0.562. The van der Waals surface area contributed by atoms with Gasteiger partial charge in [-0.05, 0) is 24.6 Å². The third-order valence-electron chi connectivity index (χ3n) is 3.80. The molecule has 4 nitrogen and oxygen atoms in total. The molecule has 0 saturated heterocycles. The fourth-order valence-corrected chi connectivity index (χ4v) is 3.73. The SMILES string of the molecule is CCn1c(=O)n(COCC[Si](C)(C)C)c2c(CBr)cccc21. The van der Waals surface area contributed by atoms with E-state index >= 15 is 0 Å². The van der Waals surface area contributed by atoms with Crippen molar-refractivity contribution in [3.8, 4) is 0 Å². The molecular formula is C16H25BrN2O2Si. The Labute approximate surface area is 141 Å².